The predicted molar refractivity (Wildman–Crippen MR) is 318 cm³/mol. The zero-order valence-electron chi connectivity index (χ0n) is 41.8. The smallest absolute Gasteiger partial charge is 0.128 e. The van der Waals surface area contributed by atoms with Crippen LogP contribution in [0, 0.1) is 5.82 Å². The number of benzene rings is 12. The Morgan fingerprint density at radius 3 is 1.39 bits per heavy atom. The van der Waals surface area contributed by atoms with Gasteiger partial charge in [-0.3, -0.25) is 0 Å². The molecule has 1 nitrogen and oxygen atoms in total. The second-order valence-corrected chi connectivity index (χ2v) is 21.8. The lowest BCUT2D eigenvalue weighted by atomic mass is 9.67. The second kappa shape index (κ2) is 16.8. The molecular weight excluding hydrogens is 954 g/mol. The van der Waals surface area contributed by atoms with Crippen LogP contribution in [0.1, 0.15) is 44.5 Å². The fraction of sp³-hybridized carbons (Fsp3) is 0.0270. The molecule has 3 aliphatic carbocycles. The number of rotatable bonds is 7. The maximum absolute atomic E-state index is 18.1. The van der Waals surface area contributed by atoms with Crippen LogP contribution >= 0.6 is 11.3 Å². The van der Waals surface area contributed by atoms with Gasteiger partial charge in [-0.25, -0.2) is 4.39 Å². The molecule has 16 rings (SSSR count). The van der Waals surface area contributed by atoms with Crippen molar-refractivity contribution in [1.29, 1.82) is 0 Å². The van der Waals surface area contributed by atoms with Crippen LogP contribution in [0.15, 0.2) is 279 Å². The van der Waals surface area contributed by atoms with Crippen LogP contribution in [-0.2, 0) is 10.8 Å². The topological polar surface area (TPSA) is 3.24 Å². The van der Waals surface area contributed by atoms with Crippen LogP contribution in [-0.4, -0.2) is 0 Å². The van der Waals surface area contributed by atoms with Crippen molar-refractivity contribution in [2.75, 3.05) is 4.90 Å². The Morgan fingerprint density at radius 1 is 0.312 bits per heavy atom. The highest BCUT2D eigenvalue weighted by atomic mass is 32.1. The fourth-order valence-electron chi connectivity index (χ4n) is 14.0. The first-order valence-electron chi connectivity index (χ1n) is 26.5. The average molecular weight is 1000 g/mol. The maximum Gasteiger partial charge on any atom is 0.128 e. The highest BCUT2D eigenvalue weighted by molar-refractivity contribution is 7.26. The molecular formula is C74H46FNS. The average Bonchev–Trinajstić information content (AvgIpc) is 4.33. The van der Waals surface area contributed by atoms with E-state index in [1.165, 1.54) is 64.7 Å². The first-order chi connectivity index (χ1) is 38.1. The summed E-state index contributed by atoms with van der Waals surface area (Å²) in [4.78, 5) is 2.43. The quantitative estimate of drug-likeness (QED) is 0.154. The van der Waals surface area contributed by atoms with Crippen molar-refractivity contribution in [3.8, 4) is 55.6 Å². The Hall–Kier alpha value is -9.41. The maximum atomic E-state index is 18.1. The number of halogens is 1. The van der Waals surface area contributed by atoms with Gasteiger partial charge in [-0.2, -0.15) is 0 Å². The normalized spacial score (nSPS) is 13.7. The number of fused-ring (bicyclic) bond motifs is 16. The van der Waals surface area contributed by atoms with E-state index in [2.05, 4.69) is 272 Å². The third-order valence-corrected chi connectivity index (χ3v) is 18.3. The second-order valence-electron chi connectivity index (χ2n) is 20.7. The van der Waals surface area contributed by atoms with Gasteiger partial charge in [0.2, 0.25) is 0 Å². The van der Waals surface area contributed by atoms with E-state index in [9.17, 15) is 0 Å². The Morgan fingerprint density at radius 2 is 0.766 bits per heavy atom. The molecule has 77 heavy (non-hydrogen) atoms. The molecule has 0 aliphatic heterocycles. The minimum Gasteiger partial charge on any atom is -0.310 e. The number of hydrogen-bond donors (Lipinski definition) is 0. The summed E-state index contributed by atoms with van der Waals surface area (Å²) in [6.07, 6.45) is 0. The summed E-state index contributed by atoms with van der Waals surface area (Å²) in [5.74, 6) is -0.230. The molecule has 1 heterocycles. The van der Waals surface area contributed by atoms with Crippen molar-refractivity contribution in [3.63, 3.8) is 0 Å². The van der Waals surface area contributed by atoms with Gasteiger partial charge in [-0.1, -0.05) is 231 Å². The largest absolute Gasteiger partial charge is 0.310 e. The van der Waals surface area contributed by atoms with Gasteiger partial charge in [0.25, 0.3) is 0 Å². The Labute approximate surface area is 451 Å². The van der Waals surface area contributed by atoms with Gasteiger partial charge in [0, 0.05) is 48.4 Å². The molecule has 12 aromatic carbocycles. The zero-order chi connectivity index (χ0) is 50.8. The molecule has 1 aromatic heterocycles. The molecule has 13 aromatic rings. The van der Waals surface area contributed by atoms with Crippen molar-refractivity contribution < 1.29 is 4.39 Å². The molecule has 0 bridgehead atoms. The Kier molecular flexibility index (Phi) is 9.59. The molecule has 3 aliphatic rings. The van der Waals surface area contributed by atoms with E-state index in [-0.39, 0.29) is 5.82 Å². The summed E-state index contributed by atoms with van der Waals surface area (Å²) in [6, 6.07) is 101. The molecule has 0 radical (unpaired) electrons. The third-order valence-electron chi connectivity index (χ3n) is 17.0. The molecule has 0 amide bonds. The van der Waals surface area contributed by atoms with Crippen LogP contribution in [0.3, 0.4) is 0 Å². The lowest BCUT2D eigenvalue weighted by molar-refractivity contribution is 0.588. The van der Waals surface area contributed by atoms with Gasteiger partial charge in [-0.05, 0) is 138 Å². The molecule has 0 atom stereocenters. The standard InChI is InChI=1S/C74H46FNS/c75-68-44-43-59(61-30-18-29-60-58-28-13-17-34-69(58)77-72(60)61)70-62-42-40-53(46-67(62)73(71(68)70,49-21-6-2-7-22-49)50-23-8-3-9-24-50)76(51-37-35-48(36-38-51)47-19-4-1-5-20-47)52-39-41-57-56-27-12-16-33-65(56)74(66(57)45-52)63-31-14-10-25-54(63)55-26-11-15-32-64(55)74/h1-46H. The minimum atomic E-state index is -1.03. The summed E-state index contributed by atoms with van der Waals surface area (Å²) in [5.41, 5.74) is 21.8. The fourth-order valence-corrected chi connectivity index (χ4v) is 15.2. The monoisotopic (exact) mass is 999 g/mol. The molecule has 1 spiro atoms. The lowest BCUT2D eigenvalue weighted by Crippen LogP contribution is -2.30. The van der Waals surface area contributed by atoms with Gasteiger partial charge < -0.3 is 4.90 Å². The van der Waals surface area contributed by atoms with E-state index in [4.69, 9.17) is 0 Å². The van der Waals surface area contributed by atoms with Crippen LogP contribution < -0.4 is 4.90 Å². The van der Waals surface area contributed by atoms with E-state index >= 15 is 4.39 Å². The Bertz CT molecular complexity index is 4410. The highest BCUT2D eigenvalue weighted by Gasteiger charge is 2.52. The first-order valence-corrected chi connectivity index (χ1v) is 27.3. The van der Waals surface area contributed by atoms with Crippen molar-refractivity contribution in [2.24, 2.45) is 0 Å². The summed E-state index contributed by atoms with van der Waals surface area (Å²) in [7, 11) is 0. The van der Waals surface area contributed by atoms with E-state index in [1.807, 2.05) is 17.4 Å². The lowest BCUT2D eigenvalue weighted by Gasteiger charge is -2.35. The van der Waals surface area contributed by atoms with Crippen molar-refractivity contribution in [1.82, 2.24) is 0 Å². The van der Waals surface area contributed by atoms with Gasteiger partial charge in [0.05, 0.1) is 10.8 Å². The van der Waals surface area contributed by atoms with Crippen molar-refractivity contribution in [3.05, 3.63) is 329 Å². The van der Waals surface area contributed by atoms with E-state index < -0.39 is 10.8 Å². The zero-order valence-corrected chi connectivity index (χ0v) is 42.6. The first kappa shape index (κ1) is 43.9. The SMILES string of the molecule is Fc1ccc(-c2cccc3c2sc2ccccc23)c2c1C(c1ccccc1)(c1ccccc1)c1cc(N(c3ccc(-c4ccccc4)cc3)c3ccc4c(c3)C3(c5ccccc5-c5ccccc53)c3ccccc3-4)ccc1-2. The summed E-state index contributed by atoms with van der Waals surface area (Å²) >= 11 is 1.81. The molecule has 0 unspecified atom stereocenters. The van der Waals surface area contributed by atoms with Gasteiger partial charge in [-0.15, -0.1) is 11.3 Å². The van der Waals surface area contributed by atoms with E-state index in [0.29, 0.717) is 5.56 Å². The number of hydrogen-bond acceptors (Lipinski definition) is 2. The number of anilines is 3. The van der Waals surface area contributed by atoms with Crippen LogP contribution in [0.2, 0.25) is 0 Å². The Balaban J connectivity index is 0.980. The van der Waals surface area contributed by atoms with Crippen LogP contribution in [0.25, 0.3) is 75.8 Å². The molecule has 3 heteroatoms. The highest BCUT2D eigenvalue weighted by Crippen LogP contribution is 2.64. The molecule has 0 saturated carbocycles. The summed E-state index contributed by atoms with van der Waals surface area (Å²) in [5, 5.41) is 2.45. The molecule has 0 fully saturated rings. The van der Waals surface area contributed by atoms with Gasteiger partial charge >= 0.3 is 0 Å². The van der Waals surface area contributed by atoms with Gasteiger partial charge in [0.1, 0.15) is 5.82 Å². The molecule has 0 N–H and O–H groups in total. The predicted octanol–water partition coefficient (Wildman–Crippen LogP) is 19.7. The minimum absolute atomic E-state index is 0.230. The van der Waals surface area contributed by atoms with E-state index in [0.717, 1.165) is 67.1 Å². The number of thiophene rings is 1. The summed E-state index contributed by atoms with van der Waals surface area (Å²) in [6.45, 7) is 0. The molecule has 0 saturated heterocycles. The molecule has 360 valence electrons. The van der Waals surface area contributed by atoms with Crippen molar-refractivity contribution >= 4 is 48.6 Å². The van der Waals surface area contributed by atoms with Crippen molar-refractivity contribution in [2.45, 2.75) is 10.8 Å². The third kappa shape index (κ3) is 6.09. The van der Waals surface area contributed by atoms with E-state index in [1.54, 1.807) is 6.07 Å². The van der Waals surface area contributed by atoms with Crippen LogP contribution in [0.4, 0.5) is 21.5 Å². The van der Waals surface area contributed by atoms with Gasteiger partial charge in [0.15, 0.2) is 0 Å². The number of nitrogens with zero attached hydrogens (tertiary/aromatic N) is 1. The van der Waals surface area contributed by atoms with Crippen LogP contribution in [0.5, 0.6) is 0 Å². The summed E-state index contributed by atoms with van der Waals surface area (Å²) < 4.78 is 20.5.